The fourth-order valence-corrected chi connectivity index (χ4v) is 3.68. The third kappa shape index (κ3) is 6.11. The maximum Gasteiger partial charge on any atom is 0.272 e. The predicted molar refractivity (Wildman–Crippen MR) is 144 cm³/mol. The number of amides is 2. The molecule has 0 atom stereocenters. The molecule has 3 aromatic carbocycles. The molecule has 8 nitrogen and oxygen atoms in total. The molecule has 0 unspecified atom stereocenters. The van der Waals surface area contributed by atoms with E-state index < -0.39 is 0 Å². The highest BCUT2D eigenvalue weighted by molar-refractivity contribution is 6.04. The molecule has 0 aliphatic rings. The Morgan fingerprint density at radius 1 is 0.778 bits per heavy atom. The van der Waals surface area contributed by atoms with Crippen molar-refractivity contribution in [3.05, 3.63) is 102 Å². The molecule has 2 amide bonds. The van der Waals surface area contributed by atoms with E-state index in [9.17, 15) is 9.59 Å². The first-order valence-corrected chi connectivity index (χ1v) is 11.6. The summed E-state index contributed by atoms with van der Waals surface area (Å²) in [5.74, 6) is -0.356. The first kappa shape index (κ1) is 24.6. The van der Waals surface area contributed by atoms with Crippen molar-refractivity contribution >= 4 is 40.3 Å². The smallest absolute Gasteiger partial charge is 0.272 e. The van der Waals surface area contributed by atoms with Gasteiger partial charge in [0, 0.05) is 60.8 Å². The fraction of sp³-hybridized carbons (Fsp3) is 0.143. The lowest BCUT2D eigenvalue weighted by atomic mass is 10.1. The van der Waals surface area contributed by atoms with Gasteiger partial charge in [-0.05, 0) is 84.9 Å². The van der Waals surface area contributed by atoms with E-state index in [4.69, 9.17) is 5.11 Å². The maximum atomic E-state index is 12.6. The Morgan fingerprint density at radius 2 is 1.31 bits per heavy atom. The van der Waals surface area contributed by atoms with Crippen molar-refractivity contribution < 1.29 is 14.7 Å². The number of nitrogens with zero attached hydrogens (tertiary/aromatic N) is 2. The van der Waals surface area contributed by atoms with Crippen molar-refractivity contribution in [2.45, 2.75) is 0 Å². The average Bonchev–Trinajstić information content (AvgIpc) is 3.32. The van der Waals surface area contributed by atoms with Crippen molar-refractivity contribution in [1.82, 2.24) is 4.57 Å². The quantitative estimate of drug-likeness (QED) is 0.277. The number of rotatable bonds is 9. The van der Waals surface area contributed by atoms with E-state index in [0.717, 1.165) is 17.1 Å². The molecular formula is C28H29N5O3. The molecule has 4 rings (SSSR count). The largest absolute Gasteiger partial charge is 0.395 e. The van der Waals surface area contributed by atoms with Crippen LogP contribution < -0.4 is 20.9 Å². The van der Waals surface area contributed by atoms with Gasteiger partial charge in [0.25, 0.3) is 11.8 Å². The van der Waals surface area contributed by atoms with Gasteiger partial charge in [0.2, 0.25) is 0 Å². The maximum absolute atomic E-state index is 12.6. The van der Waals surface area contributed by atoms with E-state index in [-0.39, 0.29) is 18.4 Å². The highest BCUT2D eigenvalue weighted by Crippen LogP contribution is 2.22. The molecule has 4 N–H and O–H groups in total. The van der Waals surface area contributed by atoms with E-state index >= 15 is 0 Å². The van der Waals surface area contributed by atoms with Gasteiger partial charge in [0.15, 0.2) is 0 Å². The van der Waals surface area contributed by atoms with Crippen LogP contribution in [0.2, 0.25) is 0 Å². The Kier molecular flexibility index (Phi) is 7.67. The van der Waals surface area contributed by atoms with Gasteiger partial charge < -0.3 is 30.5 Å². The molecule has 0 aliphatic carbocycles. The molecule has 8 heteroatoms. The standard InChI is InChI=1S/C28H29N5O3/c1-32(18-19-34)25-15-5-20(6-16-25)27(35)30-23-11-7-21(8-12-23)29-22-9-13-24(14-10-22)31-28(36)26-4-3-17-33(26)2/h3-17,29,34H,18-19H2,1-2H3,(H,30,35)(H,31,36). The van der Waals surface area contributed by atoms with Gasteiger partial charge in [0.1, 0.15) is 5.69 Å². The second kappa shape index (κ2) is 11.2. The summed E-state index contributed by atoms with van der Waals surface area (Å²) in [4.78, 5) is 26.9. The molecule has 184 valence electrons. The summed E-state index contributed by atoms with van der Waals surface area (Å²) in [5.41, 5.74) is 5.20. The minimum Gasteiger partial charge on any atom is -0.395 e. The number of carbonyl (C=O) groups excluding carboxylic acids is 2. The third-order valence-corrected chi connectivity index (χ3v) is 5.76. The lowest BCUT2D eigenvalue weighted by Gasteiger charge is -2.18. The van der Waals surface area contributed by atoms with Gasteiger partial charge in [0.05, 0.1) is 6.61 Å². The van der Waals surface area contributed by atoms with Gasteiger partial charge in [-0.3, -0.25) is 9.59 Å². The van der Waals surface area contributed by atoms with E-state index in [1.54, 1.807) is 22.8 Å². The number of anilines is 5. The van der Waals surface area contributed by atoms with Crippen molar-refractivity contribution in [3.63, 3.8) is 0 Å². The molecule has 36 heavy (non-hydrogen) atoms. The van der Waals surface area contributed by atoms with Gasteiger partial charge >= 0.3 is 0 Å². The molecule has 1 aromatic heterocycles. The van der Waals surface area contributed by atoms with Gasteiger partial charge in [-0.25, -0.2) is 0 Å². The van der Waals surface area contributed by atoms with Gasteiger partial charge in [-0.1, -0.05) is 0 Å². The Morgan fingerprint density at radius 3 is 1.81 bits per heavy atom. The number of hydrogen-bond acceptors (Lipinski definition) is 5. The number of aliphatic hydroxyl groups excluding tert-OH is 1. The average molecular weight is 484 g/mol. The lowest BCUT2D eigenvalue weighted by Crippen LogP contribution is -2.21. The van der Waals surface area contributed by atoms with Crippen molar-refractivity contribution in [3.8, 4) is 0 Å². The Bertz CT molecular complexity index is 1310. The Balaban J connectivity index is 1.31. The van der Waals surface area contributed by atoms with Crippen molar-refractivity contribution in [2.75, 3.05) is 41.0 Å². The van der Waals surface area contributed by atoms with Gasteiger partial charge in [-0.15, -0.1) is 0 Å². The monoisotopic (exact) mass is 483 g/mol. The highest BCUT2D eigenvalue weighted by atomic mass is 16.3. The second-order valence-electron chi connectivity index (χ2n) is 8.38. The Labute approximate surface area is 210 Å². The van der Waals surface area contributed by atoms with Crippen LogP contribution >= 0.6 is 0 Å². The summed E-state index contributed by atoms with van der Waals surface area (Å²) in [7, 11) is 3.72. The summed E-state index contributed by atoms with van der Waals surface area (Å²) in [6.45, 7) is 0.600. The van der Waals surface area contributed by atoms with Crippen LogP contribution in [0.15, 0.2) is 91.1 Å². The minimum absolute atomic E-state index is 0.0712. The topological polar surface area (TPSA) is 98.6 Å². The number of aliphatic hydroxyl groups is 1. The van der Waals surface area contributed by atoms with Crippen LogP contribution in [0.3, 0.4) is 0 Å². The number of benzene rings is 3. The molecule has 0 radical (unpaired) electrons. The zero-order chi connectivity index (χ0) is 25.5. The number of aryl methyl sites for hydroxylation is 1. The van der Waals surface area contributed by atoms with E-state index in [1.165, 1.54) is 0 Å². The molecule has 0 fully saturated rings. The number of aromatic nitrogens is 1. The lowest BCUT2D eigenvalue weighted by molar-refractivity contribution is 0.101. The van der Waals surface area contributed by atoms with Crippen LogP contribution in [-0.2, 0) is 7.05 Å². The van der Waals surface area contributed by atoms with E-state index in [1.807, 2.05) is 91.9 Å². The first-order chi connectivity index (χ1) is 17.4. The number of hydrogen-bond donors (Lipinski definition) is 4. The number of nitrogens with one attached hydrogen (secondary N) is 3. The molecule has 0 spiro atoms. The third-order valence-electron chi connectivity index (χ3n) is 5.76. The van der Waals surface area contributed by atoms with Crippen LogP contribution in [-0.4, -0.2) is 41.7 Å². The van der Waals surface area contributed by atoms with Crippen LogP contribution in [0, 0.1) is 0 Å². The molecule has 1 heterocycles. The molecule has 0 saturated carbocycles. The van der Waals surface area contributed by atoms with Crippen molar-refractivity contribution in [1.29, 1.82) is 0 Å². The minimum atomic E-state index is -0.194. The summed E-state index contributed by atoms with van der Waals surface area (Å²) in [6, 6.07) is 25.7. The number of likely N-dealkylation sites (N-methyl/N-ethyl adjacent to an activating group) is 1. The summed E-state index contributed by atoms with van der Waals surface area (Å²) in [6.07, 6.45) is 1.83. The zero-order valence-electron chi connectivity index (χ0n) is 20.2. The SMILES string of the molecule is CN(CCO)c1ccc(C(=O)Nc2ccc(Nc3ccc(NC(=O)c4cccn4C)cc3)cc2)cc1. The van der Waals surface area contributed by atoms with Crippen LogP contribution in [0.1, 0.15) is 20.8 Å². The van der Waals surface area contributed by atoms with E-state index in [2.05, 4.69) is 16.0 Å². The van der Waals surface area contributed by atoms with E-state index in [0.29, 0.717) is 29.2 Å². The zero-order valence-corrected chi connectivity index (χ0v) is 20.2. The summed E-state index contributed by atoms with van der Waals surface area (Å²) >= 11 is 0. The molecular weight excluding hydrogens is 454 g/mol. The normalized spacial score (nSPS) is 10.5. The van der Waals surface area contributed by atoms with Gasteiger partial charge in [-0.2, -0.15) is 0 Å². The summed E-state index contributed by atoms with van der Waals surface area (Å²) < 4.78 is 1.77. The van der Waals surface area contributed by atoms with Crippen LogP contribution in [0.25, 0.3) is 0 Å². The number of carbonyl (C=O) groups is 2. The fourth-order valence-electron chi connectivity index (χ4n) is 3.68. The predicted octanol–water partition coefficient (Wildman–Crippen LogP) is 4.70. The molecule has 0 aliphatic heterocycles. The Hall–Kier alpha value is -4.56. The highest BCUT2D eigenvalue weighted by Gasteiger charge is 2.10. The van der Waals surface area contributed by atoms with Crippen molar-refractivity contribution in [2.24, 2.45) is 7.05 Å². The van der Waals surface area contributed by atoms with Crippen LogP contribution in [0.4, 0.5) is 28.4 Å². The molecule has 0 saturated heterocycles. The molecule has 4 aromatic rings. The first-order valence-electron chi connectivity index (χ1n) is 11.6. The van der Waals surface area contributed by atoms with Crippen LogP contribution in [0.5, 0.6) is 0 Å². The summed E-state index contributed by atoms with van der Waals surface area (Å²) in [5, 5.41) is 18.2. The molecule has 0 bridgehead atoms. The second-order valence-corrected chi connectivity index (χ2v) is 8.38.